The summed E-state index contributed by atoms with van der Waals surface area (Å²) in [7, 11) is 0. The zero-order valence-corrected chi connectivity index (χ0v) is 15.0. The molecule has 0 bridgehead atoms. The minimum absolute atomic E-state index is 0.0480. The van der Waals surface area contributed by atoms with E-state index in [0.29, 0.717) is 17.7 Å². The van der Waals surface area contributed by atoms with Crippen LogP contribution in [0.1, 0.15) is 32.9 Å². The van der Waals surface area contributed by atoms with Gasteiger partial charge in [-0.25, -0.2) is 5.43 Å². The zero-order valence-electron chi connectivity index (χ0n) is 15.0. The zero-order chi connectivity index (χ0) is 19.4. The molecule has 27 heavy (non-hydrogen) atoms. The Bertz CT molecular complexity index is 1010. The number of nitrogens with zero attached hydrogens (tertiary/aromatic N) is 3. The quantitative estimate of drug-likeness (QED) is 0.479. The summed E-state index contributed by atoms with van der Waals surface area (Å²) in [6, 6.07) is 13.4. The molecule has 0 saturated heterocycles. The van der Waals surface area contributed by atoms with Crippen molar-refractivity contribution in [3.63, 3.8) is 0 Å². The number of phenols is 2. The van der Waals surface area contributed by atoms with Gasteiger partial charge in [0.1, 0.15) is 11.5 Å². The Labute approximate surface area is 156 Å². The number of aromatic hydroxyl groups is 2. The highest BCUT2D eigenvalue weighted by molar-refractivity contribution is 5.95. The van der Waals surface area contributed by atoms with Crippen molar-refractivity contribution in [1.29, 1.82) is 0 Å². The number of nitrogens with one attached hydrogen (secondary N) is 1. The lowest BCUT2D eigenvalue weighted by Gasteiger charge is -2.07. The van der Waals surface area contributed by atoms with E-state index in [9.17, 15) is 15.0 Å². The molecule has 1 heterocycles. The van der Waals surface area contributed by atoms with Crippen LogP contribution < -0.4 is 5.43 Å². The number of hydrogen-bond acceptors (Lipinski definition) is 5. The van der Waals surface area contributed by atoms with Crippen molar-refractivity contribution in [3.8, 4) is 11.5 Å². The van der Waals surface area contributed by atoms with Gasteiger partial charge < -0.3 is 10.2 Å². The number of carbonyl (C=O) groups excluding carboxylic acids is 1. The van der Waals surface area contributed by atoms with Crippen LogP contribution in [-0.4, -0.2) is 32.1 Å². The van der Waals surface area contributed by atoms with Crippen LogP contribution in [-0.2, 0) is 6.54 Å². The predicted molar refractivity (Wildman–Crippen MR) is 102 cm³/mol. The second-order valence-electron chi connectivity index (χ2n) is 6.23. The molecule has 0 aliphatic carbocycles. The molecule has 2 aromatic carbocycles. The maximum atomic E-state index is 12.3. The Balaban J connectivity index is 1.68. The van der Waals surface area contributed by atoms with Crippen molar-refractivity contribution < 1.29 is 15.0 Å². The van der Waals surface area contributed by atoms with E-state index < -0.39 is 0 Å². The summed E-state index contributed by atoms with van der Waals surface area (Å²) >= 11 is 0. The van der Waals surface area contributed by atoms with E-state index in [4.69, 9.17) is 0 Å². The van der Waals surface area contributed by atoms with Crippen molar-refractivity contribution in [2.75, 3.05) is 0 Å². The number of hydrogen-bond donors (Lipinski definition) is 3. The number of phenolic OH excluding ortho intramolecular Hbond substituents is 2. The van der Waals surface area contributed by atoms with E-state index in [1.165, 1.54) is 24.4 Å². The minimum Gasteiger partial charge on any atom is -0.508 e. The molecule has 7 heteroatoms. The van der Waals surface area contributed by atoms with Crippen molar-refractivity contribution in [1.82, 2.24) is 15.2 Å². The topological polar surface area (TPSA) is 99.7 Å². The average Bonchev–Trinajstić information content (AvgIpc) is 2.94. The Morgan fingerprint density at radius 2 is 2.00 bits per heavy atom. The normalized spacial score (nSPS) is 11.0. The summed E-state index contributed by atoms with van der Waals surface area (Å²) in [5, 5.41) is 27.3. The van der Waals surface area contributed by atoms with Gasteiger partial charge in [-0.2, -0.15) is 10.2 Å². The number of aryl methyl sites for hydroxylation is 2. The molecule has 0 aliphatic heterocycles. The highest BCUT2D eigenvalue weighted by atomic mass is 16.3. The SMILES string of the molecule is Cc1cc(C)n(Cc2cccc(C(=O)N/N=C/c3ccc(O)cc3O)c2)n1. The van der Waals surface area contributed by atoms with E-state index in [-0.39, 0.29) is 17.4 Å². The fourth-order valence-electron chi connectivity index (χ4n) is 2.69. The number of carbonyl (C=O) groups is 1. The Morgan fingerprint density at radius 3 is 2.70 bits per heavy atom. The van der Waals surface area contributed by atoms with E-state index in [1.54, 1.807) is 12.1 Å². The van der Waals surface area contributed by atoms with Gasteiger partial charge in [0.05, 0.1) is 18.5 Å². The van der Waals surface area contributed by atoms with E-state index in [0.717, 1.165) is 17.0 Å². The molecule has 0 spiro atoms. The summed E-state index contributed by atoms with van der Waals surface area (Å²) < 4.78 is 1.89. The van der Waals surface area contributed by atoms with Gasteiger partial charge in [0.25, 0.3) is 5.91 Å². The van der Waals surface area contributed by atoms with Crippen molar-refractivity contribution in [2.24, 2.45) is 5.10 Å². The van der Waals surface area contributed by atoms with Gasteiger partial charge in [0.2, 0.25) is 0 Å². The third-order valence-corrected chi connectivity index (χ3v) is 4.01. The molecule has 3 aromatic rings. The van der Waals surface area contributed by atoms with E-state index >= 15 is 0 Å². The summed E-state index contributed by atoms with van der Waals surface area (Å²) in [6.45, 7) is 4.51. The fourth-order valence-corrected chi connectivity index (χ4v) is 2.69. The van der Waals surface area contributed by atoms with Gasteiger partial charge in [0, 0.05) is 22.9 Å². The maximum Gasteiger partial charge on any atom is 0.271 e. The minimum atomic E-state index is -0.361. The Morgan fingerprint density at radius 1 is 1.19 bits per heavy atom. The lowest BCUT2D eigenvalue weighted by molar-refractivity contribution is 0.0955. The largest absolute Gasteiger partial charge is 0.508 e. The molecule has 0 radical (unpaired) electrons. The summed E-state index contributed by atoms with van der Waals surface area (Å²) in [5.74, 6) is -0.535. The summed E-state index contributed by atoms with van der Waals surface area (Å²) in [6.07, 6.45) is 1.31. The van der Waals surface area contributed by atoms with Crippen LogP contribution in [0.25, 0.3) is 0 Å². The van der Waals surface area contributed by atoms with Gasteiger partial charge in [0.15, 0.2) is 0 Å². The smallest absolute Gasteiger partial charge is 0.271 e. The second kappa shape index (κ2) is 7.74. The predicted octanol–water partition coefficient (Wildman–Crippen LogP) is 2.72. The lowest BCUT2D eigenvalue weighted by Crippen LogP contribution is -2.18. The molecule has 0 saturated carbocycles. The number of rotatable bonds is 5. The Kier molecular flexibility index (Phi) is 5.21. The Hall–Kier alpha value is -3.61. The molecule has 1 amide bonds. The van der Waals surface area contributed by atoms with Gasteiger partial charge in [-0.05, 0) is 49.7 Å². The fraction of sp³-hybridized carbons (Fsp3) is 0.150. The number of aromatic nitrogens is 2. The van der Waals surface area contributed by atoms with Crippen LogP contribution in [0.15, 0.2) is 53.6 Å². The van der Waals surface area contributed by atoms with Crippen molar-refractivity contribution >= 4 is 12.1 Å². The monoisotopic (exact) mass is 364 g/mol. The molecule has 0 atom stereocenters. The third-order valence-electron chi connectivity index (χ3n) is 4.01. The highest BCUT2D eigenvalue weighted by Crippen LogP contribution is 2.20. The molecule has 0 aliphatic rings. The summed E-state index contributed by atoms with van der Waals surface area (Å²) in [5.41, 5.74) is 6.25. The third kappa shape index (κ3) is 4.52. The molecular weight excluding hydrogens is 344 g/mol. The van der Waals surface area contributed by atoms with Gasteiger partial charge >= 0.3 is 0 Å². The number of hydrazone groups is 1. The summed E-state index contributed by atoms with van der Waals surface area (Å²) in [4.78, 5) is 12.3. The second-order valence-corrected chi connectivity index (χ2v) is 6.23. The van der Waals surface area contributed by atoms with Crippen LogP contribution in [0.5, 0.6) is 11.5 Å². The highest BCUT2D eigenvalue weighted by Gasteiger charge is 2.07. The molecular formula is C20H20N4O3. The van der Waals surface area contributed by atoms with Crippen LogP contribution in [0.3, 0.4) is 0 Å². The van der Waals surface area contributed by atoms with Crippen LogP contribution >= 0.6 is 0 Å². The number of amides is 1. The molecule has 138 valence electrons. The van der Waals surface area contributed by atoms with E-state index in [2.05, 4.69) is 15.6 Å². The lowest BCUT2D eigenvalue weighted by atomic mass is 10.1. The first kappa shape index (κ1) is 18.2. The van der Waals surface area contributed by atoms with Crippen LogP contribution in [0.2, 0.25) is 0 Å². The molecule has 7 nitrogen and oxygen atoms in total. The molecule has 3 rings (SSSR count). The number of benzene rings is 2. The van der Waals surface area contributed by atoms with Crippen LogP contribution in [0, 0.1) is 13.8 Å². The van der Waals surface area contributed by atoms with Crippen molar-refractivity contribution in [3.05, 3.63) is 76.6 Å². The van der Waals surface area contributed by atoms with E-state index in [1.807, 2.05) is 36.7 Å². The molecule has 0 unspecified atom stereocenters. The van der Waals surface area contributed by atoms with Crippen molar-refractivity contribution in [2.45, 2.75) is 20.4 Å². The maximum absolute atomic E-state index is 12.3. The van der Waals surface area contributed by atoms with Crippen LogP contribution in [0.4, 0.5) is 0 Å². The first-order valence-corrected chi connectivity index (χ1v) is 8.38. The standard InChI is InChI=1S/C20H20N4O3/c1-13-8-14(2)24(23-13)12-15-4-3-5-16(9-15)20(27)22-21-11-17-6-7-18(25)10-19(17)26/h3-11,25-26H,12H2,1-2H3,(H,22,27)/b21-11+. The average molecular weight is 364 g/mol. The van der Waals surface area contributed by atoms with Gasteiger partial charge in [-0.1, -0.05) is 12.1 Å². The first-order valence-electron chi connectivity index (χ1n) is 8.38. The molecule has 1 aromatic heterocycles. The van der Waals surface area contributed by atoms with Gasteiger partial charge in [-0.15, -0.1) is 0 Å². The molecule has 3 N–H and O–H groups in total. The first-order chi connectivity index (χ1) is 12.9. The van der Waals surface area contributed by atoms with Gasteiger partial charge in [-0.3, -0.25) is 9.48 Å². The molecule has 0 fully saturated rings.